The maximum Gasteiger partial charge on any atom is 0.334 e. The maximum atomic E-state index is 11.8. The van der Waals surface area contributed by atoms with Gasteiger partial charge in [-0.2, -0.15) is 0 Å². The Morgan fingerprint density at radius 2 is 2.00 bits per heavy atom. The molecule has 18 heavy (non-hydrogen) atoms. The number of aromatic nitrogens is 2. The van der Waals surface area contributed by atoms with Crippen molar-refractivity contribution in [2.24, 2.45) is 0 Å². The lowest BCUT2D eigenvalue weighted by atomic mass is 10.3. The third-order valence-electron chi connectivity index (χ3n) is 2.41. The van der Waals surface area contributed by atoms with Crippen molar-refractivity contribution >= 4 is 21.7 Å². The van der Waals surface area contributed by atoms with E-state index in [2.05, 4.69) is 20.9 Å². The second-order valence-electron chi connectivity index (χ2n) is 3.47. The summed E-state index contributed by atoms with van der Waals surface area (Å²) in [6.07, 6.45) is 0. The first-order chi connectivity index (χ1) is 8.56. The summed E-state index contributed by atoms with van der Waals surface area (Å²) < 4.78 is 6.43. The van der Waals surface area contributed by atoms with Crippen LogP contribution in [0.25, 0.3) is 5.69 Å². The van der Waals surface area contributed by atoms with E-state index in [1.807, 2.05) is 0 Å². The van der Waals surface area contributed by atoms with Crippen molar-refractivity contribution in [3.8, 4) is 11.4 Å². The molecule has 0 aliphatic carbocycles. The molecule has 7 heteroatoms. The number of rotatable bonds is 2. The molecule has 1 aromatic heterocycles. The van der Waals surface area contributed by atoms with Gasteiger partial charge < -0.3 is 10.5 Å². The molecule has 0 saturated carbocycles. The molecule has 0 fully saturated rings. The quantitative estimate of drug-likeness (QED) is 0.861. The van der Waals surface area contributed by atoms with Crippen molar-refractivity contribution < 1.29 is 4.74 Å². The molecule has 0 radical (unpaired) electrons. The second-order valence-corrected chi connectivity index (χ2v) is 4.26. The topological polar surface area (TPSA) is 90.1 Å². The van der Waals surface area contributed by atoms with Crippen LogP contribution in [0.4, 0.5) is 5.82 Å². The Bertz CT molecular complexity index is 705. The zero-order valence-corrected chi connectivity index (χ0v) is 11.0. The zero-order chi connectivity index (χ0) is 13.3. The molecule has 0 amide bonds. The van der Waals surface area contributed by atoms with Gasteiger partial charge >= 0.3 is 5.69 Å². The highest BCUT2D eigenvalue weighted by molar-refractivity contribution is 9.10. The number of halogens is 1. The highest BCUT2D eigenvalue weighted by Gasteiger charge is 2.14. The van der Waals surface area contributed by atoms with Crippen molar-refractivity contribution in [2.45, 2.75) is 0 Å². The Morgan fingerprint density at radius 3 is 2.67 bits per heavy atom. The van der Waals surface area contributed by atoms with Gasteiger partial charge in [0.2, 0.25) is 0 Å². The average Bonchev–Trinajstić information content (AvgIpc) is 2.37. The molecule has 6 nitrogen and oxygen atoms in total. The lowest BCUT2D eigenvalue weighted by Gasteiger charge is -2.13. The van der Waals surface area contributed by atoms with Crippen molar-refractivity contribution in [1.29, 1.82) is 0 Å². The first-order valence-corrected chi connectivity index (χ1v) is 5.79. The summed E-state index contributed by atoms with van der Waals surface area (Å²) in [5.41, 5.74) is 5.05. The van der Waals surface area contributed by atoms with Gasteiger partial charge in [-0.3, -0.25) is 9.78 Å². The SMILES string of the molecule is COc1ccccc1-n1c(N)c(Br)c(=O)[nH]c1=O. The highest BCUT2D eigenvalue weighted by Crippen LogP contribution is 2.24. The van der Waals surface area contributed by atoms with Crippen LogP contribution in [0.5, 0.6) is 5.75 Å². The van der Waals surface area contributed by atoms with Gasteiger partial charge in [-0.1, -0.05) is 12.1 Å². The normalized spacial score (nSPS) is 10.3. The first kappa shape index (κ1) is 12.4. The number of hydrogen-bond donors (Lipinski definition) is 2. The first-order valence-electron chi connectivity index (χ1n) is 5.00. The average molecular weight is 312 g/mol. The molecule has 1 heterocycles. The molecular formula is C11H10BrN3O3. The smallest absolute Gasteiger partial charge is 0.334 e. The number of nitrogen functional groups attached to an aromatic ring is 1. The van der Waals surface area contributed by atoms with Crippen LogP contribution < -0.4 is 21.7 Å². The number of nitrogens with one attached hydrogen (secondary N) is 1. The van der Waals surface area contributed by atoms with E-state index in [1.165, 1.54) is 11.7 Å². The van der Waals surface area contributed by atoms with Gasteiger partial charge in [-0.15, -0.1) is 0 Å². The standard InChI is InChI=1S/C11H10BrN3O3/c1-18-7-5-3-2-4-6(7)15-9(13)8(12)10(16)14-11(15)17/h2-5H,13H2,1H3,(H,14,16,17). The molecule has 94 valence electrons. The number of aromatic amines is 1. The zero-order valence-electron chi connectivity index (χ0n) is 9.44. The number of methoxy groups -OCH3 is 1. The number of para-hydroxylation sites is 2. The molecule has 2 rings (SSSR count). The van der Waals surface area contributed by atoms with E-state index >= 15 is 0 Å². The Labute approximate surface area is 110 Å². The number of nitrogens with two attached hydrogens (primary N) is 1. The minimum atomic E-state index is -0.620. The van der Waals surface area contributed by atoms with Gasteiger partial charge in [0.25, 0.3) is 5.56 Å². The van der Waals surface area contributed by atoms with E-state index in [9.17, 15) is 9.59 Å². The van der Waals surface area contributed by atoms with Crippen molar-refractivity contribution in [3.63, 3.8) is 0 Å². The predicted molar refractivity (Wildman–Crippen MR) is 71.3 cm³/mol. The fourth-order valence-corrected chi connectivity index (χ4v) is 1.86. The largest absolute Gasteiger partial charge is 0.495 e. The van der Waals surface area contributed by atoms with Crippen molar-refractivity contribution in [1.82, 2.24) is 9.55 Å². The van der Waals surface area contributed by atoms with Crippen LogP contribution >= 0.6 is 15.9 Å². The van der Waals surface area contributed by atoms with E-state index in [1.54, 1.807) is 24.3 Å². The summed E-state index contributed by atoms with van der Waals surface area (Å²) >= 11 is 3.04. The van der Waals surface area contributed by atoms with E-state index < -0.39 is 11.2 Å². The summed E-state index contributed by atoms with van der Waals surface area (Å²) in [7, 11) is 1.49. The lowest BCUT2D eigenvalue weighted by Crippen LogP contribution is -2.31. The van der Waals surface area contributed by atoms with E-state index in [0.717, 1.165) is 0 Å². The summed E-state index contributed by atoms with van der Waals surface area (Å²) in [5, 5.41) is 0. The van der Waals surface area contributed by atoms with E-state index in [4.69, 9.17) is 10.5 Å². The van der Waals surface area contributed by atoms with Gasteiger partial charge in [-0.05, 0) is 28.1 Å². The van der Waals surface area contributed by atoms with Crippen LogP contribution in [0.3, 0.4) is 0 Å². The van der Waals surface area contributed by atoms with Gasteiger partial charge in [0.15, 0.2) is 0 Å². The van der Waals surface area contributed by atoms with Gasteiger partial charge in [0, 0.05) is 0 Å². The Kier molecular flexibility index (Phi) is 3.24. The molecule has 0 aliphatic heterocycles. The molecule has 0 spiro atoms. The molecule has 0 atom stereocenters. The number of ether oxygens (including phenoxy) is 1. The lowest BCUT2D eigenvalue weighted by molar-refractivity contribution is 0.412. The Morgan fingerprint density at radius 1 is 1.33 bits per heavy atom. The molecular weight excluding hydrogens is 302 g/mol. The summed E-state index contributed by atoms with van der Waals surface area (Å²) in [6, 6.07) is 6.87. The summed E-state index contributed by atoms with van der Waals surface area (Å²) in [5.74, 6) is 0.499. The van der Waals surface area contributed by atoms with Crippen LogP contribution in [0.15, 0.2) is 38.3 Å². The molecule has 0 aliphatic rings. The maximum absolute atomic E-state index is 11.8. The van der Waals surface area contributed by atoms with Crippen LogP contribution in [-0.2, 0) is 0 Å². The summed E-state index contributed by atoms with van der Waals surface area (Å²) in [6.45, 7) is 0. The molecule has 0 saturated heterocycles. The number of benzene rings is 1. The van der Waals surface area contributed by atoms with Crippen molar-refractivity contribution in [3.05, 3.63) is 49.6 Å². The predicted octanol–water partition coefficient (Wildman–Crippen LogP) is 0.879. The second kappa shape index (κ2) is 4.69. The molecule has 0 bridgehead atoms. The van der Waals surface area contributed by atoms with Crippen molar-refractivity contribution in [2.75, 3.05) is 12.8 Å². The number of anilines is 1. The van der Waals surface area contributed by atoms with Crippen LogP contribution in [0, 0.1) is 0 Å². The van der Waals surface area contributed by atoms with E-state index in [0.29, 0.717) is 11.4 Å². The fraction of sp³-hybridized carbons (Fsp3) is 0.0909. The Balaban J connectivity index is 2.84. The van der Waals surface area contributed by atoms with E-state index in [-0.39, 0.29) is 10.3 Å². The third-order valence-corrected chi connectivity index (χ3v) is 3.18. The number of hydrogen-bond acceptors (Lipinski definition) is 4. The summed E-state index contributed by atoms with van der Waals surface area (Å²) in [4.78, 5) is 25.4. The monoisotopic (exact) mass is 311 g/mol. The highest BCUT2D eigenvalue weighted by atomic mass is 79.9. The minimum absolute atomic E-state index is 0.0215. The third kappa shape index (κ3) is 1.92. The van der Waals surface area contributed by atoms with Crippen LogP contribution in [0.1, 0.15) is 0 Å². The molecule has 3 N–H and O–H groups in total. The molecule has 1 aromatic carbocycles. The number of H-pyrrole nitrogens is 1. The molecule has 0 unspecified atom stereocenters. The molecule has 2 aromatic rings. The van der Waals surface area contributed by atoms with Gasteiger partial charge in [0.1, 0.15) is 16.0 Å². The van der Waals surface area contributed by atoms with Gasteiger partial charge in [0.05, 0.1) is 12.8 Å². The Hall–Kier alpha value is -2.02. The number of nitrogens with zero attached hydrogens (tertiary/aromatic N) is 1. The fourth-order valence-electron chi connectivity index (χ4n) is 1.59. The van der Waals surface area contributed by atoms with Crippen LogP contribution in [0.2, 0.25) is 0 Å². The van der Waals surface area contributed by atoms with Crippen LogP contribution in [-0.4, -0.2) is 16.7 Å². The van der Waals surface area contributed by atoms with Gasteiger partial charge in [-0.25, -0.2) is 9.36 Å². The minimum Gasteiger partial charge on any atom is -0.495 e.